The van der Waals surface area contributed by atoms with Crippen molar-refractivity contribution in [2.75, 3.05) is 19.8 Å². The summed E-state index contributed by atoms with van der Waals surface area (Å²) in [6.45, 7) is 4.98. The van der Waals surface area contributed by atoms with Crippen molar-refractivity contribution in [2.45, 2.75) is 38.8 Å². The van der Waals surface area contributed by atoms with E-state index in [1.54, 1.807) is 0 Å². The molecule has 2 unspecified atom stereocenters. The number of aromatic nitrogens is 1. The van der Waals surface area contributed by atoms with Crippen LogP contribution in [0.2, 0.25) is 0 Å². The number of aliphatic hydroxyl groups excluding tert-OH is 1. The predicted molar refractivity (Wildman–Crippen MR) is 89.4 cm³/mol. The lowest BCUT2D eigenvalue weighted by molar-refractivity contribution is -0.146. The summed E-state index contributed by atoms with van der Waals surface area (Å²) in [4.78, 5) is 17.7. The number of rotatable bonds is 4. The maximum Gasteiger partial charge on any atom is 0.223 e. The third-order valence-corrected chi connectivity index (χ3v) is 4.56. The van der Waals surface area contributed by atoms with E-state index in [1.807, 2.05) is 18.0 Å². The lowest BCUT2D eigenvalue weighted by Gasteiger charge is -2.37. The van der Waals surface area contributed by atoms with E-state index in [0.717, 1.165) is 11.9 Å². The van der Waals surface area contributed by atoms with Gasteiger partial charge in [-0.15, -0.1) is 0 Å². The van der Waals surface area contributed by atoms with Crippen LogP contribution in [-0.2, 0) is 16.0 Å². The molecule has 5 heteroatoms. The lowest BCUT2D eigenvalue weighted by atomic mass is 10.1. The van der Waals surface area contributed by atoms with Gasteiger partial charge in [0.15, 0.2) is 0 Å². The number of hydrogen-bond donors (Lipinski definition) is 2. The van der Waals surface area contributed by atoms with Gasteiger partial charge in [0.1, 0.15) is 0 Å². The fraction of sp³-hybridized carbons (Fsp3) is 0.500. The summed E-state index contributed by atoms with van der Waals surface area (Å²) in [6, 6.07) is 6.38. The minimum atomic E-state index is -0.258. The molecule has 0 radical (unpaired) electrons. The van der Waals surface area contributed by atoms with E-state index in [4.69, 9.17) is 4.74 Å². The molecule has 1 aliphatic heterocycles. The standard InChI is InChI=1S/C18H24N2O3/c1-12-3-5-17-16(7-12)14(8-19-17)4-6-18(22)20-9-15(10-21)23-11-13(20)2/h3,5,7-8,13,15,19,21H,4,6,9-11H2,1-2H3. The van der Waals surface area contributed by atoms with Crippen LogP contribution >= 0.6 is 0 Å². The van der Waals surface area contributed by atoms with Crippen molar-refractivity contribution in [1.82, 2.24) is 9.88 Å². The van der Waals surface area contributed by atoms with Gasteiger partial charge in [0, 0.05) is 30.1 Å². The molecule has 2 N–H and O–H groups in total. The summed E-state index contributed by atoms with van der Waals surface area (Å²) < 4.78 is 5.49. The number of aliphatic hydroxyl groups is 1. The highest BCUT2D eigenvalue weighted by Crippen LogP contribution is 2.22. The van der Waals surface area contributed by atoms with Gasteiger partial charge in [0.05, 0.1) is 25.4 Å². The van der Waals surface area contributed by atoms with Gasteiger partial charge in [-0.05, 0) is 38.0 Å². The molecule has 1 aromatic heterocycles. The lowest BCUT2D eigenvalue weighted by Crippen LogP contribution is -2.52. The molecule has 1 aromatic carbocycles. The molecule has 1 aliphatic rings. The number of aryl methyl sites for hydroxylation is 2. The number of nitrogens with one attached hydrogen (secondary N) is 1. The van der Waals surface area contributed by atoms with Gasteiger partial charge < -0.3 is 19.7 Å². The van der Waals surface area contributed by atoms with Crippen LogP contribution in [0.3, 0.4) is 0 Å². The molecule has 1 saturated heterocycles. The molecule has 0 saturated carbocycles. The highest BCUT2D eigenvalue weighted by molar-refractivity contribution is 5.85. The second-order valence-electron chi connectivity index (χ2n) is 6.40. The number of hydrogen-bond acceptors (Lipinski definition) is 3. The van der Waals surface area contributed by atoms with Crippen molar-refractivity contribution >= 4 is 16.8 Å². The van der Waals surface area contributed by atoms with Crippen LogP contribution in [0.5, 0.6) is 0 Å². The number of amides is 1. The first-order valence-corrected chi connectivity index (χ1v) is 8.17. The number of ether oxygens (including phenoxy) is 1. The monoisotopic (exact) mass is 316 g/mol. The minimum Gasteiger partial charge on any atom is -0.394 e. The molecular formula is C18H24N2O3. The minimum absolute atomic E-state index is 0.0434. The highest BCUT2D eigenvalue weighted by atomic mass is 16.5. The highest BCUT2D eigenvalue weighted by Gasteiger charge is 2.28. The molecule has 5 nitrogen and oxygen atoms in total. The number of aromatic amines is 1. The first kappa shape index (κ1) is 16.0. The van der Waals surface area contributed by atoms with Crippen molar-refractivity contribution in [1.29, 1.82) is 0 Å². The summed E-state index contributed by atoms with van der Waals surface area (Å²) >= 11 is 0. The largest absolute Gasteiger partial charge is 0.394 e. The molecule has 1 amide bonds. The Bertz CT molecular complexity index is 695. The summed E-state index contributed by atoms with van der Waals surface area (Å²) in [6.07, 6.45) is 2.93. The second kappa shape index (κ2) is 6.72. The van der Waals surface area contributed by atoms with E-state index < -0.39 is 0 Å². The van der Waals surface area contributed by atoms with Crippen LogP contribution < -0.4 is 0 Å². The second-order valence-corrected chi connectivity index (χ2v) is 6.40. The molecule has 124 valence electrons. The topological polar surface area (TPSA) is 65.6 Å². The molecule has 2 aromatic rings. The van der Waals surface area contributed by atoms with Gasteiger partial charge in [-0.3, -0.25) is 4.79 Å². The number of benzene rings is 1. The molecule has 0 bridgehead atoms. The number of H-pyrrole nitrogens is 1. The molecule has 0 aliphatic carbocycles. The average molecular weight is 316 g/mol. The van der Waals surface area contributed by atoms with Crippen molar-refractivity contribution in [3.05, 3.63) is 35.5 Å². The van der Waals surface area contributed by atoms with Crippen LogP contribution in [-0.4, -0.2) is 52.8 Å². The normalized spacial score (nSPS) is 21.8. The molecule has 0 spiro atoms. The zero-order valence-electron chi connectivity index (χ0n) is 13.7. The molecule has 2 heterocycles. The Labute approximate surface area is 136 Å². The first-order chi connectivity index (χ1) is 11.1. The SMILES string of the molecule is Cc1ccc2[nH]cc(CCC(=O)N3CC(CO)OCC3C)c2c1. The summed E-state index contributed by atoms with van der Waals surface area (Å²) in [5.41, 5.74) is 3.51. The predicted octanol–water partition coefficient (Wildman–Crippen LogP) is 2.02. The van der Waals surface area contributed by atoms with E-state index in [9.17, 15) is 9.90 Å². The fourth-order valence-electron chi connectivity index (χ4n) is 3.16. The maximum atomic E-state index is 12.5. The van der Waals surface area contributed by atoms with Gasteiger partial charge in [-0.2, -0.15) is 0 Å². The van der Waals surface area contributed by atoms with Crippen LogP contribution in [0, 0.1) is 6.92 Å². The Hall–Kier alpha value is -1.85. The average Bonchev–Trinajstić information content (AvgIpc) is 2.95. The van der Waals surface area contributed by atoms with Crippen LogP contribution in [0.15, 0.2) is 24.4 Å². The van der Waals surface area contributed by atoms with Gasteiger partial charge in [-0.25, -0.2) is 0 Å². The molecule has 1 fully saturated rings. The number of morpholine rings is 1. The molecular weight excluding hydrogens is 292 g/mol. The van der Waals surface area contributed by atoms with Crippen molar-refractivity contribution in [3.63, 3.8) is 0 Å². The van der Waals surface area contributed by atoms with Crippen molar-refractivity contribution in [2.24, 2.45) is 0 Å². The number of carbonyl (C=O) groups is 1. The van der Waals surface area contributed by atoms with Gasteiger partial charge in [0.2, 0.25) is 5.91 Å². The molecule has 23 heavy (non-hydrogen) atoms. The zero-order chi connectivity index (χ0) is 16.4. The third-order valence-electron chi connectivity index (χ3n) is 4.56. The number of fused-ring (bicyclic) bond motifs is 1. The zero-order valence-corrected chi connectivity index (χ0v) is 13.7. The third kappa shape index (κ3) is 3.41. The maximum absolute atomic E-state index is 12.5. The van der Waals surface area contributed by atoms with Crippen LogP contribution in [0.25, 0.3) is 10.9 Å². The van der Waals surface area contributed by atoms with E-state index >= 15 is 0 Å². The van der Waals surface area contributed by atoms with Crippen LogP contribution in [0.1, 0.15) is 24.5 Å². The summed E-state index contributed by atoms with van der Waals surface area (Å²) in [5, 5.41) is 10.4. The Morgan fingerprint density at radius 2 is 2.30 bits per heavy atom. The molecule has 3 rings (SSSR count). The van der Waals surface area contributed by atoms with E-state index in [1.165, 1.54) is 16.5 Å². The molecule has 2 atom stereocenters. The Balaban J connectivity index is 1.67. The smallest absolute Gasteiger partial charge is 0.223 e. The quantitative estimate of drug-likeness (QED) is 0.907. The Morgan fingerprint density at radius 1 is 1.48 bits per heavy atom. The van der Waals surface area contributed by atoms with Gasteiger partial charge in [-0.1, -0.05) is 11.6 Å². The van der Waals surface area contributed by atoms with Crippen molar-refractivity contribution < 1.29 is 14.6 Å². The van der Waals surface area contributed by atoms with Crippen molar-refractivity contribution in [3.8, 4) is 0 Å². The van der Waals surface area contributed by atoms with E-state index in [0.29, 0.717) is 19.6 Å². The van der Waals surface area contributed by atoms with E-state index in [2.05, 4.69) is 30.1 Å². The van der Waals surface area contributed by atoms with E-state index in [-0.39, 0.29) is 24.7 Å². The summed E-state index contributed by atoms with van der Waals surface area (Å²) in [7, 11) is 0. The van der Waals surface area contributed by atoms with Gasteiger partial charge >= 0.3 is 0 Å². The summed E-state index contributed by atoms with van der Waals surface area (Å²) in [5.74, 6) is 0.126. The van der Waals surface area contributed by atoms with Gasteiger partial charge in [0.25, 0.3) is 0 Å². The Kier molecular flexibility index (Phi) is 4.68. The van der Waals surface area contributed by atoms with Crippen LogP contribution in [0.4, 0.5) is 0 Å². The Morgan fingerprint density at radius 3 is 3.09 bits per heavy atom. The fourth-order valence-corrected chi connectivity index (χ4v) is 3.16. The number of carbonyl (C=O) groups excluding carboxylic acids is 1. The first-order valence-electron chi connectivity index (χ1n) is 8.17. The number of nitrogens with zero attached hydrogens (tertiary/aromatic N) is 1.